The van der Waals surface area contributed by atoms with E-state index >= 15 is 0 Å². The number of aliphatic hydroxyl groups is 1. The minimum Gasteiger partial charge on any atom is -0.481 e. The summed E-state index contributed by atoms with van der Waals surface area (Å²) in [6.07, 6.45) is 2.88. The van der Waals surface area contributed by atoms with Gasteiger partial charge in [-0.1, -0.05) is 19.9 Å². The highest BCUT2D eigenvalue weighted by molar-refractivity contribution is 5.76. The zero-order valence-electron chi connectivity index (χ0n) is 17.0. The number of carbonyl (C=O) groups is 1. The summed E-state index contributed by atoms with van der Waals surface area (Å²) in [6.45, 7) is 7.00. The quantitative estimate of drug-likeness (QED) is 0.777. The van der Waals surface area contributed by atoms with Crippen LogP contribution in [0, 0.1) is 17.2 Å². The van der Waals surface area contributed by atoms with Crippen molar-refractivity contribution in [2.24, 2.45) is 11.3 Å². The summed E-state index contributed by atoms with van der Waals surface area (Å²) in [6, 6.07) is 7.01. The average Bonchev–Trinajstić information content (AvgIpc) is 2.67. The van der Waals surface area contributed by atoms with Crippen molar-refractivity contribution in [3.63, 3.8) is 0 Å². The first-order valence-electron chi connectivity index (χ1n) is 10.5. The van der Waals surface area contributed by atoms with E-state index in [0.717, 1.165) is 44.6 Å². The predicted molar refractivity (Wildman–Crippen MR) is 108 cm³/mol. The van der Waals surface area contributed by atoms with E-state index in [1.54, 1.807) is 12.1 Å². The topological polar surface area (TPSA) is 64.0 Å². The fourth-order valence-electron chi connectivity index (χ4n) is 4.69. The molecule has 2 atom stereocenters. The van der Waals surface area contributed by atoms with Crippen molar-refractivity contribution in [3.05, 3.63) is 30.1 Å². The number of aliphatic carboxylic acids is 1. The molecule has 0 aliphatic carbocycles. The van der Waals surface area contributed by atoms with Crippen LogP contribution < -0.4 is 4.90 Å². The molecule has 1 aromatic carbocycles. The maximum absolute atomic E-state index is 13.5. The van der Waals surface area contributed by atoms with Crippen LogP contribution in [-0.2, 0) is 4.79 Å². The van der Waals surface area contributed by atoms with Crippen molar-refractivity contribution in [2.75, 3.05) is 31.1 Å². The Hall–Kier alpha value is -1.66. The zero-order chi connectivity index (χ0) is 20.3. The number of anilines is 1. The lowest BCUT2D eigenvalue weighted by Crippen LogP contribution is -2.59. The second-order valence-corrected chi connectivity index (χ2v) is 8.87. The summed E-state index contributed by atoms with van der Waals surface area (Å²) in [7, 11) is 0. The van der Waals surface area contributed by atoms with Crippen LogP contribution >= 0.6 is 0 Å². The number of halogens is 1. The van der Waals surface area contributed by atoms with Crippen LogP contribution in [0.3, 0.4) is 0 Å². The van der Waals surface area contributed by atoms with Crippen molar-refractivity contribution < 1.29 is 19.4 Å². The summed E-state index contributed by atoms with van der Waals surface area (Å²) in [4.78, 5) is 16.6. The second-order valence-electron chi connectivity index (χ2n) is 8.87. The molecule has 2 aliphatic rings. The largest absolute Gasteiger partial charge is 0.481 e. The van der Waals surface area contributed by atoms with Gasteiger partial charge in [0.05, 0.1) is 6.10 Å². The molecule has 28 heavy (non-hydrogen) atoms. The van der Waals surface area contributed by atoms with Gasteiger partial charge in [-0.15, -0.1) is 0 Å². The fraction of sp³-hybridized carbons (Fsp3) is 0.682. The van der Waals surface area contributed by atoms with Gasteiger partial charge in [0, 0.05) is 37.9 Å². The molecule has 1 aromatic rings. The van der Waals surface area contributed by atoms with E-state index in [0.29, 0.717) is 31.3 Å². The van der Waals surface area contributed by atoms with Crippen molar-refractivity contribution in [2.45, 2.75) is 58.1 Å². The molecular weight excluding hydrogens is 359 g/mol. The van der Waals surface area contributed by atoms with Crippen molar-refractivity contribution in [3.8, 4) is 0 Å². The van der Waals surface area contributed by atoms with E-state index in [1.807, 2.05) is 6.07 Å². The van der Waals surface area contributed by atoms with E-state index < -0.39 is 17.5 Å². The van der Waals surface area contributed by atoms with Gasteiger partial charge in [-0.2, -0.15) is 0 Å². The first kappa shape index (κ1) is 21.1. The highest BCUT2D eigenvalue weighted by Gasteiger charge is 2.49. The third-order valence-electron chi connectivity index (χ3n) is 6.56. The molecule has 0 saturated carbocycles. The normalized spacial score (nSPS) is 27.3. The van der Waals surface area contributed by atoms with Crippen LogP contribution in [0.2, 0.25) is 0 Å². The predicted octanol–water partition coefficient (Wildman–Crippen LogP) is 3.37. The lowest BCUT2D eigenvalue weighted by atomic mass is 9.72. The highest BCUT2D eigenvalue weighted by atomic mass is 19.1. The fourth-order valence-corrected chi connectivity index (χ4v) is 4.69. The van der Waals surface area contributed by atoms with Crippen LogP contribution in [0.15, 0.2) is 24.3 Å². The van der Waals surface area contributed by atoms with Gasteiger partial charge in [-0.25, -0.2) is 4.39 Å². The summed E-state index contributed by atoms with van der Waals surface area (Å²) in [5, 5.41) is 20.6. The number of nitrogens with zero attached hydrogens (tertiary/aromatic N) is 2. The molecule has 2 saturated heterocycles. The van der Waals surface area contributed by atoms with Gasteiger partial charge in [-0.05, 0) is 56.2 Å². The molecule has 0 spiro atoms. The molecule has 0 radical (unpaired) electrons. The standard InChI is InChI=1S/C22H33FN2O3/c1-16(2)6-10-22(21(27)28)15-25(13-9-20(22)26)18-7-11-24(12-8-18)19-5-3-4-17(23)14-19/h3-5,14,16,18,20,26H,6-13,15H2,1-2H3,(H,27,28)/t20-,22-/m1/s1. The number of likely N-dealkylation sites (tertiary alicyclic amines) is 1. The van der Waals surface area contributed by atoms with Gasteiger partial charge >= 0.3 is 5.97 Å². The van der Waals surface area contributed by atoms with E-state index in [-0.39, 0.29) is 5.82 Å². The summed E-state index contributed by atoms with van der Waals surface area (Å²) >= 11 is 0. The van der Waals surface area contributed by atoms with Crippen molar-refractivity contribution in [1.29, 1.82) is 0 Å². The lowest BCUT2D eigenvalue weighted by molar-refractivity contribution is -0.166. The van der Waals surface area contributed by atoms with Crippen molar-refractivity contribution >= 4 is 11.7 Å². The average molecular weight is 393 g/mol. The molecule has 2 aliphatic heterocycles. The molecule has 6 heteroatoms. The molecule has 0 aromatic heterocycles. The van der Waals surface area contributed by atoms with Gasteiger partial charge in [0.25, 0.3) is 0 Å². The Morgan fingerprint density at radius 1 is 1.25 bits per heavy atom. The van der Waals surface area contributed by atoms with Gasteiger partial charge < -0.3 is 15.1 Å². The van der Waals surface area contributed by atoms with Crippen LogP contribution in [0.1, 0.15) is 46.0 Å². The van der Waals surface area contributed by atoms with Crippen LogP contribution in [0.25, 0.3) is 0 Å². The maximum Gasteiger partial charge on any atom is 0.313 e. The Bertz CT molecular complexity index is 676. The smallest absolute Gasteiger partial charge is 0.313 e. The Kier molecular flexibility index (Phi) is 6.61. The van der Waals surface area contributed by atoms with Gasteiger partial charge in [0.15, 0.2) is 0 Å². The molecule has 3 rings (SSSR count). The highest BCUT2D eigenvalue weighted by Crippen LogP contribution is 2.38. The molecular formula is C22H33FN2O3. The van der Waals surface area contributed by atoms with Crippen LogP contribution in [-0.4, -0.2) is 59.4 Å². The molecule has 0 unspecified atom stereocenters. The first-order chi connectivity index (χ1) is 13.3. The van der Waals surface area contributed by atoms with Gasteiger partial charge in [0.1, 0.15) is 11.2 Å². The Balaban J connectivity index is 1.65. The number of piperidine rings is 2. The van der Waals surface area contributed by atoms with Gasteiger partial charge in [0.2, 0.25) is 0 Å². The molecule has 0 bridgehead atoms. The Labute approximate surface area is 167 Å². The molecule has 156 valence electrons. The molecule has 2 fully saturated rings. The minimum absolute atomic E-state index is 0.221. The Morgan fingerprint density at radius 2 is 1.96 bits per heavy atom. The number of hydrogen-bond donors (Lipinski definition) is 2. The van der Waals surface area contributed by atoms with Crippen LogP contribution in [0.4, 0.5) is 10.1 Å². The number of hydrogen-bond acceptors (Lipinski definition) is 4. The van der Waals surface area contributed by atoms with Crippen LogP contribution in [0.5, 0.6) is 0 Å². The zero-order valence-corrected chi connectivity index (χ0v) is 17.0. The summed E-state index contributed by atoms with van der Waals surface area (Å²) < 4.78 is 13.5. The lowest BCUT2D eigenvalue weighted by Gasteiger charge is -2.48. The molecule has 5 nitrogen and oxygen atoms in total. The molecule has 2 heterocycles. The van der Waals surface area contributed by atoms with E-state index in [1.165, 1.54) is 6.07 Å². The third-order valence-corrected chi connectivity index (χ3v) is 6.56. The van der Waals surface area contributed by atoms with Gasteiger partial charge in [-0.3, -0.25) is 9.69 Å². The van der Waals surface area contributed by atoms with Crippen molar-refractivity contribution in [1.82, 2.24) is 4.90 Å². The first-order valence-corrected chi connectivity index (χ1v) is 10.5. The minimum atomic E-state index is -1.07. The molecule has 2 N–H and O–H groups in total. The monoisotopic (exact) mass is 392 g/mol. The number of carboxylic acid groups (broad SMARTS) is 1. The number of benzene rings is 1. The van der Waals surface area contributed by atoms with E-state index in [4.69, 9.17) is 0 Å². The second kappa shape index (κ2) is 8.78. The van der Waals surface area contributed by atoms with E-state index in [2.05, 4.69) is 23.6 Å². The molecule has 0 amide bonds. The SMILES string of the molecule is CC(C)CC[C@@]1(C(=O)O)CN(C2CCN(c3cccc(F)c3)CC2)CC[C@H]1O. The summed E-state index contributed by atoms with van der Waals surface area (Å²) in [5.41, 5.74) is -0.160. The third kappa shape index (κ3) is 4.49. The number of aliphatic hydroxyl groups excluding tert-OH is 1. The number of rotatable bonds is 6. The number of carboxylic acids is 1. The maximum atomic E-state index is 13.5. The Morgan fingerprint density at radius 3 is 2.57 bits per heavy atom. The summed E-state index contributed by atoms with van der Waals surface area (Å²) in [5.74, 6) is -0.683. The van der Waals surface area contributed by atoms with E-state index in [9.17, 15) is 19.4 Å².